The Morgan fingerprint density at radius 2 is 2.12 bits per heavy atom. The van der Waals surface area contributed by atoms with E-state index in [0.29, 0.717) is 0 Å². The van der Waals surface area contributed by atoms with E-state index in [0.717, 1.165) is 54.0 Å². The summed E-state index contributed by atoms with van der Waals surface area (Å²) in [5, 5.41) is 0. The van der Waals surface area contributed by atoms with Gasteiger partial charge in [-0.25, -0.2) is 9.78 Å². The molecular formula is C19H27N3O3. The number of ether oxygens (including phenoxy) is 2. The number of aromatic amines is 1. The number of anilines is 1. The number of rotatable bonds is 2. The Balaban J connectivity index is 1.90. The largest absolute Gasteiger partial charge is 0.443 e. The van der Waals surface area contributed by atoms with Gasteiger partial charge in [-0.3, -0.25) is 4.90 Å². The fourth-order valence-electron chi connectivity index (χ4n) is 3.12. The van der Waals surface area contributed by atoms with Crippen LogP contribution in [0.2, 0.25) is 0 Å². The number of nitrogens with one attached hydrogen (secondary N) is 1. The summed E-state index contributed by atoms with van der Waals surface area (Å²) in [6, 6.07) is 3.88. The standard InChI is InChI=1S/C19H27N3O3/c1-12-14(22(5)18(23)25-19(2,3)4)10-9-13-16(12)21-17(20-13)15-8-6-7-11-24-15/h9-10,15H,6-8,11H2,1-5H3,(H,20,21). The van der Waals surface area contributed by atoms with Crippen LogP contribution in [0.1, 0.15) is 57.5 Å². The first-order valence-electron chi connectivity index (χ1n) is 8.84. The van der Waals surface area contributed by atoms with Crippen LogP contribution in [-0.2, 0) is 9.47 Å². The molecule has 1 amide bonds. The fraction of sp³-hybridized carbons (Fsp3) is 0.579. The lowest BCUT2D eigenvalue weighted by molar-refractivity contribution is 0.0101. The minimum Gasteiger partial charge on any atom is -0.443 e. The molecule has 1 N–H and O–H groups in total. The van der Waals surface area contributed by atoms with Gasteiger partial charge in [0.1, 0.15) is 17.5 Å². The number of carbonyl (C=O) groups is 1. The molecule has 6 nitrogen and oxygen atoms in total. The molecule has 0 spiro atoms. The molecule has 3 rings (SSSR count). The third-order valence-electron chi connectivity index (χ3n) is 4.41. The average molecular weight is 345 g/mol. The van der Waals surface area contributed by atoms with E-state index in [1.807, 2.05) is 39.8 Å². The van der Waals surface area contributed by atoms with E-state index in [-0.39, 0.29) is 12.2 Å². The van der Waals surface area contributed by atoms with Crippen molar-refractivity contribution >= 4 is 22.8 Å². The molecule has 0 bridgehead atoms. The van der Waals surface area contributed by atoms with Gasteiger partial charge in [0.15, 0.2) is 0 Å². The van der Waals surface area contributed by atoms with E-state index in [2.05, 4.69) is 4.98 Å². The number of benzene rings is 1. The maximum atomic E-state index is 12.4. The second kappa shape index (κ2) is 6.67. The number of imidazole rings is 1. The number of aryl methyl sites for hydroxylation is 1. The zero-order chi connectivity index (χ0) is 18.2. The van der Waals surface area contributed by atoms with E-state index in [4.69, 9.17) is 14.5 Å². The average Bonchev–Trinajstić information content (AvgIpc) is 2.99. The minimum atomic E-state index is -0.527. The molecule has 1 atom stereocenters. The Bertz CT molecular complexity index is 770. The monoisotopic (exact) mass is 345 g/mol. The van der Waals surface area contributed by atoms with Crippen LogP contribution in [0.4, 0.5) is 10.5 Å². The molecule has 2 aromatic rings. The van der Waals surface area contributed by atoms with Gasteiger partial charge in [0, 0.05) is 19.2 Å². The predicted molar refractivity (Wildman–Crippen MR) is 98.0 cm³/mol. The number of amides is 1. The van der Waals surface area contributed by atoms with E-state index in [9.17, 15) is 4.79 Å². The Labute approximate surface area is 148 Å². The molecule has 1 aliphatic heterocycles. The quantitative estimate of drug-likeness (QED) is 0.871. The summed E-state index contributed by atoms with van der Waals surface area (Å²) in [4.78, 5) is 22.0. The van der Waals surface area contributed by atoms with Crippen LogP contribution >= 0.6 is 0 Å². The van der Waals surface area contributed by atoms with Crippen molar-refractivity contribution in [2.24, 2.45) is 0 Å². The molecule has 0 radical (unpaired) electrons. The molecule has 6 heteroatoms. The highest BCUT2D eigenvalue weighted by molar-refractivity contribution is 5.93. The number of fused-ring (bicyclic) bond motifs is 1. The maximum Gasteiger partial charge on any atom is 0.414 e. The first kappa shape index (κ1) is 17.7. The second-order valence-corrected chi connectivity index (χ2v) is 7.62. The van der Waals surface area contributed by atoms with Gasteiger partial charge in [0.05, 0.1) is 16.7 Å². The fourth-order valence-corrected chi connectivity index (χ4v) is 3.12. The van der Waals surface area contributed by atoms with Crippen LogP contribution in [0.25, 0.3) is 11.0 Å². The van der Waals surface area contributed by atoms with Gasteiger partial charge >= 0.3 is 6.09 Å². The van der Waals surface area contributed by atoms with Crippen LogP contribution in [0, 0.1) is 6.92 Å². The van der Waals surface area contributed by atoms with Crippen molar-refractivity contribution in [3.8, 4) is 0 Å². The smallest absolute Gasteiger partial charge is 0.414 e. The highest BCUT2D eigenvalue weighted by atomic mass is 16.6. The lowest BCUT2D eigenvalue weighted by atomic mass is 10.1. The topological polar surface area (TPSA) is 67.5 Å². The SMILES string of the molecule is Cc1c(N(C)C(=O)OC(C)(C)C)ccc2[nH]c(C3CCCCO3)nc12. The van der Waals surface area contributed by atoms with Crippen LogP contribution < -0.4 is 4.90 Å². The number of carbonyl (C=O) groups excluding carboxylic acids is 1. The highest BCUT2D eigenvalue weighted by Gasteiger charge is 2.24. The van der Waals surface area contributed by atoms with Crippen LogP contribution in [0.15, 0.2) is 12.1 Å². The van der Waals surface area contributed by atoms with Crippen molar-refractivity contribution < 1.29 is 14.3 Å². The lowest BCUT2D eigenvalue weighted by Crippen LogP contribution is -2.34. The summed E-state index contributed by atoms with van der Waals surface area (Å²) < 4.78 is 11.3. The van der Waals surface area contributed by atoms with Gasteiger partial charge in [-0.05, 0) is 59.1 Å². The Morgan fingerprint density at radius 1 is 1.36 bits per heavy atom. The van der Waals surface area contributed by atoms with E-state index < -0.39 is 5.60 Å². The third kappa shape index (κ3) is 3.79. The molecule has 2 heterocycles. The van der Waals surface area contributed by atoms with Gasteiger partial charge in [0.2, 0.25) is 0 Å². The van der Waals surface area contributed by atoms with E-state index in [1.54, 1.807) is 7.05 Å². The van der Waals surface area contributed by atoms with Gasteiger partial charge in [0.25, 0.3) is 0 Å². The molecule has 1 saturated heterocycles. The normalized spacial score (nSPS) is 18.4. The molecule has 0 saturated carbocycles. The number of aromatic nitrogens is 2. The van der Waals surface area contributed by atoms with Crippen molar-refractivity contribution in [1.29, 1.82) is 0 Å². The second-order valence-electron chi connectivity index (χ2n) is 7.62. The van der Waals surface area contributed by atoms with Crippen LogP contribution in [0.3, 0.4) is 0 Å². The summed E-state index contributed by atoms with van der Waals surface area (Å²) in [7, 11) is 1.72. The molecule has 1 aromatic heterocycles. The van der Waals surface area contributed by atoms with Gasteiger partial charge in [-0.2, -0.15) is 0 Å². The minimum absolute atomic E-state index is 0.0348. The van der Waals surface area contributed by atoms with Crippen molar-refractivity contribution in [3.05, 3.63) is 23.5 Å². The van der Waals surface area contributed by atoms with Crippen molar-refractivity contribution in [2.45, 2.75) is 58.7 Å². The van der Waals surface area contributed by atoms with Gasteiger partial charge in [-0.15, -0.1) is 0 Å². The summed E-state index contributed by atoms with van der Waals surface area (Å²) in [5.41, 5.74) is 3.05. The Kier molecular flexibility index (Phi) is 4.73. The number of H-pyrrole nitrogens is 1. The Hall–Kier alpha value is -2.08. The van der Waals surface area contributed by atoms with Gasteiger partial charge in [-0.1, -0.05) is 0 Å². The maximum absolute atomic E-state index is 12.4. The summed E-state index contributed by atoms with van der Waals surface area (Å²) >= 11 is 0. The molecular weight excluding hydrogens is 318 g/mol. The summed E-state index contributed by atoms with van der Waals surface area (Å²) in [6.45, 7) is 8.34. The van der Waals surface area contributed by atoms with Crippen LogP contribution in [-0.4, -0.2) is 35.3 Å². The van der Waals surface area contributed by atoms with E-state index >= 15 is 0 Å². The van der Waals surface area contributed by atoms with Crippen LogP contribution in [0.5, 0.6) is 0 Å². The number of hydrogen-bond donors (Lipinski definition) is 1. The van der Waals surface area contributed by atoms with Gasteiger partial charge < -0.3 is 14.5 Å². The lowest BCUT2D eigenvalue weighted by Gasteiger charge is -2.25. The molecule has 136 valence electrons. The third-order valence-corrected chi connectivity index (χ3v) is 4.41. The summed E-state index contributed by atoms with van der Waals surface area (Å²) in [6.07, 6.45) is 2.92. The molecule has 1 unspecified atom stereocenters. The highest BCUT2D eigenvalue weighted by Crippen LogP contribution is 2.31. The Morgan fingerprint density at radius 3 is 2.76 bits per heavy atom. The molecule has 25 heavy (non-hydrogen) atoms. The number of nitrogens with zero attached hydrogens (tertiary/aromatic N) is 2. The predicted octanol–water partition coefficient (Wildman–Crippen LogP) is 4.48. The number of hydrogen-bond acceptors (Lipinski definition) is 4. The molecule has 1 fully saturated rings. The molecule has 1 aliphatic rings. The molecule has 1 aromatic carbocycles. The van der Waals surface area contributed by atoms with E-state index in [1.165, 1.54) is 4.90 Å². The zero-order valence-electron chi connectivity index (χ0n) is 15.7. The molecule has 0 aliphatic carbocycles. The van der Waals surface area contributed by atoms with Crippen molar-refractivity contribution in [1.82, 2.24) is 9.97 Å². The van der Waals surface area contributed by atoms with Crippen molar-refractivity contribution in [3.63, 3.8) is 0 Å². The first-order valence-corrected chi connectivity index (χ1v) is 8.84. The van der Waals surface area contributed by atoms with Crippen molar-refractivity contribution in [2.75, 3.05) is 18.6 Å². The summed E-state index contributed by atoms with van der Waals surface area (Å²) in [5.74, 6) is 0.870. The zero-order valence-corrected chi connectivity index (χ0v) is 15.7. The first-order chi connectivity index (χ1) is 11.8.